The molecule has 1 fully saturated rings. The number of likely N-dealkylation sites (N-methyl/N-ethyl adjacent to an activating group) is 1. The molecule has 0 spiro atoms. The minimum absolute atomic E-state index is 0.0638. The van der Waals surface area contributed by atoms with Crippen LogP contribution in [-0.4, -0.2) is 56.1 Å². The van der Waals surface area contributed by atoms with Crippen LogP contribution < -0.4 is 0 Å². The molecule has 1 rings (SSSR count). The third-order valence-corrected chi connectivity index (χ3v) is 4.34. The fourth-order valence-corrected chi connectivity index (χ4v) is 3.03. The van der Waals surface area contributed by atoms with Crippen molar-refractivity contribution in [2.24, 2.45) is 0 Å². The van der Waals surface area contributed by atoms with E-state index in [4.69, 9.17) is 14.2 Å². The zero-order valence-electron chi connectivity index (χ0n) is 16.5. The summed E-state index contributed by atoms with van der Waals surface area (Å²) in [5.74, 6) is 6.04. The van der Waals surface area contributed by atoms with E-state index in [0.717, 1.165) is 12.8 Å². The monoisotopic (exact) mass is 353 g/mol. The summed E-state index contributed by atoms with van der Waals surface area (Å²) in [6.07, 6.45) is 6.51. The smallest absolute Gasteiger partial charge is 0.303 e. The molecule has 5 nitrogen and oxygen atoms in total. The molecule has 0 aromatic heterocycles. The number of carbonyl (C=O) groups excluding carboxylic acids is 1. The predicted octanol–water partition coefficient (Wildman–Crippen LogP) is 3.36. The van der Waals surface area contributed by atoms with Crippen LogP contribution in [0.2, 0.25) is 0 Å². The molecule has 0 radical (unpaired) electrons. The standard InChI is InChI=1S/C20H35NO4/c1-6-7-8-9-10-11-12-13-14-23-20-19(25-17(3)22)18(21(4)5)15-16(2)24-20/h16,18-20H,6-10,13-15H2,1-5H3. The highest BCUT2D eigenvalue weighted by Crippen LogP contribution is 2.26. The number of hydrogen-bond donors (Lipinski definition) is 0. The normalized spacial score (nSPS) is 26.2. The lowest BCUT2D eigenvalue weighted by molar-refractivity contribution is -0.258. The van der Waals surface area contributed by atoms with Gasteiger partial charge in [0.15, 0.2) is 12.4 Å². The number of rotatable bonds is 9. The second-order valence-electron chi connectivity index (χ2n) is 6.94. The van der Waals surface area contributed by atoms with Crippen LogP contribution in [0.25, 0.3) is 0 Å². The number of nitrogens with zero attached hydrogens (tertiary/aromatic N) is 1. The molecule has 1 saturated heterocycles. The van der Waals surface area contributed by atoms with Crippen molar-refractivity contribution in [3.8, 4) is 11.8 Å². The molecule has 0 N–H and O–H groups in total. The Labute approximate surface area is 153 Å². The van der Waals surface area contributed by atoms with Gasteiger partial charge in [-0.25, -0.2) is 0 Å². The molecule has 1 heterocycles. The number of unbranched alkanes of at least 4 members (excludes halogenated alkanes) is 4. The highest BCUT2D eigenvalue weighted by molar-refractivity contribution is 5.66. The Morgan fingerprint density at radius 1 is 1.20 bits per heavy atom. The summed E-state index contributed by atoms with van der Waals surface area (Å²) in [4.78, 5) is 13.5. The average molecular weight is 354 g/mol. The van der Waals surface area contributed by atoms with Crippen molar-refractivity contribution in [2.75, 3.05) is 20.7 Å². The number of carbonyl (C=O) groups is 1. The third kappa shape index (κ3) is 8.71. The number of hydrogen-bond acceptors (Lipinski definition) is 5. The van der Waals surface area contributed by atoms with Crippen LogP contribution >= 0.6 is 0 Å². The van der Waals surface area contributed by atoms with E-state index < -0.39 is 12.4 Å². The van der Waals surface area contributed by atoms with Crippen molar-refractivity contribution in [2.45, 2.75) is 90.3 Å². The third-order valence-electron chi connectivity index (χ3n) is 4.34. The lowest BCUT2D eigenvalue weighted by atomic mass is 9.99. The van der Waals surface area contributed by atoms with Crippen LogP contribution in [0.4, 0.5) is 0 Å². The minimum atomic E-state index is -0.536. The first-order valence-corrected chi connectivity index (χ1v) is 9.52. The zero-order chi connectivity index (χ0) is 18.7. The van der Waals surface area contributed by atoms with Crippen molar-refractivity contribution < 1.29 is 19.0 Å². The molecular formula is C20H35NO4. The summed E-state index contributed by atoms with van der Waals surface area (Å²) in [7, 11) is 3.97. The molecule has 0 amide bonds. The Bertz CT molecular complexity index is 441. The minimum Gasteiger partial charge on any atom is -0.455 e. The molecule has 0 bridgehead atoms. The van der Waals surface area contributed by atoms with Crippen molar-refractivity contribution in [3.05, 3.63) is 0 Å². The summed E-state index contributed by atoms with van der Waals surface area (Å²) in [5, 5.41) is 0. The maximum absolute atomic E-state index is 11.5. The maximum Gasteiger partial charge on any atom is 0.303 e. The molecule has 1 aliphatic heterocycles. The summed E-state index contributed by atoms with van der Waals surface area (Å²) in [5.41, 5.74) is 0. The van der Waals surface area contributed by atoms with Gasteiger partial charge in [0.1, 0.15) is 0 Å². The molecule has 0 aromatic rings. The fourth-order valence-electron chi connectivity index (χ4n) is 3.03. The lowest BCUT2D eigenvalue weighted by Crippen LogP contribution is -2.55. The highest BCUT2D eigenvalue weighted by Gasteiger charge is 2.41. The Balaban J connectivity index is 2.44. The van der Waals surface area contributed by atoms with Gasteiger partial charge in [-0.2, -0.15) is 0 Å². The SMILES string of the molecule is CCCCCCC#CCCOC1OC(C)CC(N(C)C)C1OC(C)=O. The van der Waals surface area contributed by atoms with Gasteiger partial charge in [-0.3, -0.25) is 4.79 Å². The molecule has 0 aliphatic carbocycles. The Kier molecular flexibility index (Phi) is 10.8. The van der Waals surface area contributed by atoms with Crippen molar-refractivity contribution in [1.29, 1.82) is 0 Å². The van der Waals surface area contributed by atoms with Gasteiger partial charge in [0.05, 0.1) is 18.8 Å². The summed E-state index contributed by atoms with van der Waals surface area (Å²) in [6.45, 7) is 6.14. The zero-order valence-corrected chi connectivity index (χ0v) is 16.5. The lowest BCUT2D eigenvalue weighted by Gasteiger charge is -2.42. The van der Waals surface area contributed by atoms with Crippen LogP contribution in [0.3, 0.4) is 0 Å². The summed E-state index contributed by atoms with van der Waals surface area (Å²) in [6, 6.07) is 0.0855. The maximum atomic E-state index is 11.5. The molecule has 25 heavy (non-hydrogen) atoms. The number of ether oxygens (including phenoxy) is 3. The first-order valence-electron chi connectivity index (χ1n) is 9.52. The quantitative estimate of drug-likeness (QED) is 0.361. The second-order valence-corrected chi connectivity index (χ2v) is 6.94. The Hall–Kier alpha value is -1.09. The second kappa shape index (κ2) is 12.3. The van der Waals surface area contributed by atoms with E-state index in [1.807, 2.05) is 21.0 Å². The summed E-state index contributed by atoms with van der Waals surface area (Å²) >= 11 is 0. The van der Waals surface area contributed by atoms with Gasteiger partial charge in [-0.1, -0.05) is 26.2 Å². The largest absolute Gasteiger partial charge is 0.455 e. The van der Waals surface area contributed by atoms with Crippen molar-refractivity contribution >= 4 is 5.97 Å². The van der Waals surface area contributed by atoms with Crippen LogP contribution in [0.1, 0.15) is 65.7 Å². The van der Waals surface area contributed by atoms with E-state index in [9.17, 15) is 4.79 Å². The van der Waals surface area contributed by atoms with E-state index in [1.54, 1.807) is 0 Å². The summed E-state index contributed by atoms with van der Waals surface area (Å²) < 4.78 is 17.2. The molecule has 0 saturated carbocycles. The van der Waals surface area contributed by atoms with Crippen LogP contribution in [-0.2, 0) is 19.0 Å². The predicted molar refractivity (Wildman–Crippen MR) is 99.1 cm³/mol. The van der Waals surface area contributed by atoms with E-state index in [1.165, 1.54) is 32.6 Å². The molecule has 4 atom stereocenters. The molecule has 144 valence electrons. The Morgan fingerprint density at radius 2 is 1.92 bits per heavy atom. The number of esters is 1. The van der Waals surface area contributed by atoms with E-state index in [2.05, 4.69) is 23.7 Å². The molecule has 0 aromatic carbocycles. The van der Waals surface area contributed by atoms with Crippen molar-refractivity contribution in [3.63, 3.8) is 0 Å². The first-order chi connectivity index (χ1) is 12.0. The van der Waals surface area contributed by atoms with Gasteiger partial charge in [0.25, 0.3) is 0 Å². The molecule has 4 unspecified atom stereocenters. The molecular weight excluding hydrogens is 318 g/mol. The average Bonchev–Trinajstić information content (AvgIpc) is 2.54. The van der Waals surface area contributed by atoms with Gasteiger partial charge in [-0.05, 0) is 33.9 Å². The van der Waals surface area contributed by atoms with Gasteiger partial charge >= 0.3 is 5.97 Å². The topological polar surface area (TPSA) is 48.0 Å². The van der Waals surface area contributed by atoms with Gasteiger partial charge < -0.3 is 19.1 Å². The Morgan fingerprint density at radius 3 is 2.56 bits per heavy atom. The van der Waals surface area contributed by atoms with E-state index in [-0.39, 0.29) is 18.1 Å². The van der Waals surface area contributed by atoms with Gasteiger partial charge in [0.2, 0.25) is 0 Å². The van der Waals surface area contributed by atoms with Crippen LogP contribution in [0.5, 0.6) is 0 Å². The van der Waals surface area contributed by atoms with Gasteiger partial charge in [-0.15, -0.1) is 11.8 Å². The molecule has 1 aliphatic rings. The van der Waals surface area contributed by atoms with Crippen LogP contribution in [0, 0.1) is 11.8 Å². The molecule has 5 heteroatoms. The highest BCUT2D eigenvalue weighted by atomic mass is 16.7. The van der Waals surface area contributed by atoms with E-state index in [0.29, 0.717) is 13.0 Å². The first kappa shape index (κ1) is 22.0. The van der Waals surface area contributed by atoms with Crippen LogP contribution in [0.15, 0.2) is 0 Å². The van der Waals surface area contributed by atoms with E-state index >= 15 is 0 Å². The van der Waals surface area contributed by atoms with Crippen molar-refractivity contribution in [1.82, 2.24) is 4.90 Å². The van der Waals surface area contributed by atoms with Gasteiger partial charge in [0, 0.05) is 19.8 Å². The fraction of sp³-hybridized carbons (Fsp3) is 0.850.